The number of hydrogen-bond donors (Lipinski definition) is 2. The van der Waals surface area contributed by atoms with Gasteiger partial charge in [-0.3, -0.25) is 9.69 Å². The molecule has 2 heterocycles. The van der Waals surface area contributed by atoms with Crippen LogP contribution in [-0.2, 0) is 14.3 Å². The van der Waals surface area contributed by atoms with Gasteiger partial charge < -0.3 is 20.1 Å². The van der Waals surface area contributed by atoms with Crippen molar-refractivity contribution in [2.45, 2.75) is 38.9 Å². The quantitative estimate of drug-likeness (QED) is 0.672. The summed E-state index contributed by atoms with van der Waals surface area (Å²) >= 11 is 0. The summed E-state index contributed by atoms with van der Waals surface area (Å²) < 4.78 is 11.2. The second-order valence-corrected chi connectivity index (χ2v) is 6.72. The van der Waals surface area contributed by atoms with Crippen LogP contribution in [0.3, 0.4) is 0 Å². The zero-order chi connectivity index (χ0) is 15.8. The van der Waals surface area contributed by atoms with E-state index in [2.05, 4.69) is 29.4 Å². The standard InChI is InChI=1S/C16H31N3O3/c1-13(2)11-19-5-7-22-15(12-19)9-18-16(20)10-17-8-14-4-3-6-21-14/h13-15,17H,3-12H2,1-2H3,(H,18,20). The van der Waals surface area contributed by atoms with E-state index < -0.39 is 0 Å². The first kappa shape index (κ1) is 17.7. The summed E-state index contributed by atoms with van der Waals surface area (Å²) in [6.45, 7) is 10.8. The Bertz CT molecular complexity index is 333. The minimum atomic E-state index is 0.0302. The highest BCUT2D eigenvalue weighted by molar-refractivity contribution is 5.77. The van der Waals surface area contributed by atoms with Gasteiger partial charge in [0, 0.05) is 39.3 Å². The average molecular weight is 313 g/mol. The van der Waals surface area contributed by atoms with Crippen molar-refractivity contribution in [1.29, 1.82) is 0 Å². The lowest BCUT2D eigenvalue weighted by Gasteiger charge is -2.33. The molecule has 0 aliphatic carbocycles. The van der Waals surface area contributed by atoms with Crippen LogP contribution < -0.4 is 10.6 Å². The zero-order valence-corrected chi connectivity index (χ0v) is 14.0. The summed E-state index contributed by atoms with van der Waals surface area (Å²) in [6.07, 6.45) is 2.61. The summed E-state index contributed by atoms with van der Waals surface area (Å²) in [4.78, 5) is 14.3. The Labute approximate surface area is 133 Å². The van der Waals surface area contributed by atoms with Gasteiger partial charge in [0.1, 0.15) is 0 Å². The fraction of sp³-hybridized carbons (Fsp3) is 0.938. The number of rotatable bonds is 8. The van der Waals surface area contributed by atoms with E-state index in [1.165, 1.54) is 0 Å². The molecule has 0 aromatic rings. The smallest absolute Gasteiger partial charge is 0.234 e. The maximum atomic E-state index is 11.8. The van der Waals surface area contributed by atoms with E-state index >= 15 is 0 Å². The topological polar surface area (TPSA) is 62.8 Å². The second kappa shape index (κ2) is 9.45. The Hall–Kier alpha value is -0.690. The predicted octanol–water partition coefficient (Wildman–Crippen LogP) is 0.228. The Morgan fingerprint density at radius 2 is 2.05 bits per heavy atom. The molecule has 0 aromatic carbocycles. The van der Waals surface area contributed by atoms with E-state index in [1.807, 2.05) is 0 Å². The lowest BCUT2D eigenvalue weighted by molar-refractivity contribution is -0.121. The van der Waals surface area contributed by atoms with Crippen molar-refractivity contribution >= 4 is 5.91 Å². The van der Waals surface area contributed by atoms with Gasteiger partial charge in [0.25, 0.3) is 0 Å². The number of carbonyl (C=O) groups excluding carboxylic acids is 1. The van der Waals surface area contributed by atoms with Gasteiger partial charge in [-0.1, -0.05) is 13.8 Å². The molecule has 2 rings (SSSR count). The van der Waals surface area contributed by atoms with Crippen LogP contribution in [0, 0.1) is 5.92 Å². The maximum Gasteiger partial charge on any atom is 0.234 e. The number of morpholine rings is 1. The van der Waals surface area contributed by atoms with Crippen molar-refractivity contribution in [2.75, 3.05) is 52.5 Å². The second-order valence-electron chi connectivity index (χ2n) is 6.72. The molecular formula is C16H31N3O3. The first-order valence-corrected chi connectivity index (χ1v) is 8.56. The molecule has 22 heavy (non-hydrogen) atoms. The van der Waals surface area contributed by atoms with Crippen molar-refractivity contribution in [3.8, 4) is 0 Å². The van der Waals surface area contributed by atoms with Crippen LogP contribution in [0.1, 0.15) is 26.7 Å². The van der Waals surface area contributed by atoms with Gasteiger partial charge in [-0.05, 0) is 18.8 Å². The van der Waals surface area contributed by atoms with Crippen molar-refractivity contribution in [3.05, 3.63) is 0 Å². The number of amides is 1. The van der Waals surface area contributed by atoms with E-state index in [4.69, 9.17) is 9.47 Å². The van der Waals surface area contributed by atoms with Crippen LogP contribution in [0.25, 0.3) is 0 Å². The molecule has 0 aromatic heterocycles. The molecule has 6 nitrogen and oxygen atoms in total. The van der Waals surface area contributed by atoms with Gasteiger partial charge in [-0.15, -0.1) is 0 Å². The number of hydrogen-bond acceptors (Lipinski definition) is 5. The molecule has 1 amide bonds. The zero-order valence-electron chi connectivity index (χ0n) is 14.0. The summed E-state index contributed by atoms with van der Waals surface area (Å²) in [6, 6.07) is 0. The molecule has 2 atom stereocenters. The molecule has 0 bridgehead atoms. The van der Waals surface area contributed by atoms with Gasteiger partial charge in [0.2, 0.25) is 5.91 Å². The van der Waals surface area contributed by atoms with Crippen LogP contribution in [0.2, 0.25) is 0 Å². The summed E-state index contributed by atoms with van der Waals surface area (Å²) in [7, 11) is 0. The SMILES string of the molecule is CC(C)CN1CCOC(CNC(=O)CNCC2CCCO2)C1. The van der Waals surface area contributed by atoms with E-state index in [-0.39, 0.29) is 18.1 Å². The minimum absolute atomic E-state index is 0.0302. The lowest BCUT2D eigenvalue weighted by Crippen LogP contribution is -2.49. The van der Waals surface area contributed by atoms with Gasteiger partial charge in [0.15, 0.2) is 0 Å². The lowest BCUT2D eigenvalue weighted by atomic mass is 10.2. The van der Waals surface area contributed by atoms with Crippen LogP contribution in [0.5, 0.6) is 0 Å². The fourth-order valence-electron chi connectivity index (χ4n) is 3.03. The van der Waals surface area contributed by atoms with Crippen molar-refractivity contribution < 1.29 is 14.3 Å². The average Bonchev–Trinajstić information content (AvgIpc) is 2.98. The Morgan fingerprint density at radius 3 is 2.77 bits per heavy atom. The molecule has 2 aliphatic rings. The Morgan fingerprint density at radius 1 is 1.23 bits per heavy atom. The third-order valence-electron chi connectivity index (χ3n) is 4.05. The molecule has 2 unspecified atom stereocenters. The third kappa shape index (κ3) is 6.60. The molecule has 0 spiro atoms. The van der Waals surface area contributed by atoms with E-state index in [0.29, 0.717) is 19.0 Å². The van der Waals surface area contributed by atoms with Crippen LogP contribution in [0.15, 0.2) is 0 Å². The summed E-state index contributed by atoms with van der Waals surface area (Å²) in [5.41, 5.74) is 0. The molecule has 2 aliphatic heterocycles. The molecule has 128 valence electrons. The summed E-state index contributed by atoms with van der Waals surface area (Å²) in [5, 5.41) is 6.12. The van der Waals surface area contributed by atoms with Gasteiger partial charge >= 0.3 is 0 Å². The normalized spacial score (nSPS) is 26.5. The fourth-order valence-corrected chi connectivity index (χ4v) is 3.03. The van der Waals surface area contributed by atoms with Crippen LogP contribution >= 0.6 is 0 Å². The molecule has 0 saturated carbocycles. The first-order chi connectivity index (χ1) is 10.6. The monoisotopic (exact) mass is 313 g/mol. The van der Waals surface area contributed by atoms with Gasteiger partial charge in [0.05, 0.1) is 25.4 Å². The summed E-state index contributed by atoms with van der Waals surface area (Å²) in [5.74, 6) is 0.693. The highest BCUT2D eigenvalue weighted by atomic mass is 16.5. The van der Waals surface area contributed by atoms with Crippen LogP contribution in [0.4, 0.5) is 0 Å². The number of carbonyl (C=O) groups is 1. The highest BCUT2D eigenvalue weighted by Gasteiger charge is 2.21. The molecule has 2 N–H and O–H groups in total. The number of nitrogens with one attached hydrogen (secondary N) is 2. The van der Waals surface area contributed by atoms with Crippen molar-refractivity contribution in [1.82, 2.24) is 15.5 Å². The molecule has 2 fully saturated rings. The molecule has 0 radical (unpaired) electrons. The van der Waals surface area contributed by atoms with Crippen LogP contribution in [-0.4, -0.2) is 75.5 Å². The number of ether oxygens (including phenoxy) is 2. The Balaban J connectivity index is 1.55. The van der Waals surface area contributed by atoms with Gasteiger partial charge in [-0.25, -0.2) is 0 Å². The maximum absolute atomic E-state index is 11.8. The highest BCUT2D eigenvalue weighted by Crippen LogP contribution is 2.10. The van der Waals surface area contributed by atoms with E-state index in [9.17, 15) is 4.79 Å². The molecule has 2 saturated heterocycles. The van der Waals surface area contributed by atoms with Crippen molar-refractivity contribution in [2.24, 2.45) is 5.92 Å². The first-order valence-electron chi connectivity index (χ1n) is 8.56. The largest absolute Gasteiger partial charge is 0.377 e. The molecule has 6 heteroatoms. The minimum Gasteiger partial charge on any atom is -0.377 e. The molecular weight excluding hydrogens is 282 g/mol. The van der Waals surface area contributed by atoms with Gasteiger partial charge in [-0.2, -0.15) is 0 Å². The van der Waals surface area contributed by atoms with E-state index in [0.717, 1.165) is 52.2 Å². The number of nitrogens with zero attached hydrogens (tertiary/aromatic N) is 1. The van der Waals surface area contributed by atoms with E-state index in [1.54, 1.807) is 0 Å². The third-order valence-corrected chi connectivity index (χ3v) is 4.05. The predicted molar refractivity (Wildman–Crippen MR) is 85.9 cm³/mol. The Kier molecular flexibility index (Phi) is 7.59. The van der Waals surface area contributed by atoms with Crippen molar-refractivity contribution in [3.63, 3.8) is 0 Å².